The van der Waals surface area contributed by atoms with Crippen molar-refractivity contribution in [3.8, 4) is 0 Å². The molecule has 0 unspecified atom stereocenters. The SMILES string of the molecule is CNCc1ccc(CN2CCCC2)c(Cl)c1. The van der Waals surface area contributed by atoms with Gasteiger partial charge in [-0.1, -0.05) is 23.7 Å². The molecule has 0 bridgehead atoms. The molecule has 3 heteroatoms. The lowest BCUT2D eigenvalue weighted by Gasteiger charge is -2.16. The zero-order valence-corrected chi connectivity index (χ0v) is 10.6. The molecule has 1 N–H and O–H groups in total. The zero-order valence-electron chi connectivity index (χ0n) is 9.80. The third-order valence-electron chi connectivity index (χ3n) is 3.09. The summed E-state index contributed by atoms with van der Waals surface area (Å²) in [6, 6.07) is 6.39. The van der Waals surface area contributed by atoms with Crippen LogP contribution < -0.4 is 5.32 Å². The van der Waals surface area contributed by atoms with Crippen molar-refractivity contribution in [2.24, 2.45) is 0 Å². The lowest BCUT2D eigenvalue weighted by atomic mass is 10.1. The van der Waals surface area contributed by atoms with Gasteiger partial charge in [0.15, 0.2) is 0 Å². The molecule has 1 fully saturated rings. The molecule has 16 heavy (non-hydrogen) atoms. The van der Waals surface area contributed by atoms with Crippen LogP contribution in [-0.2, 0) is 13.1 Å². The van der Waals surface area contributed by atoms with E-state index in [4.69, 9.17) is 11.6 Å². The molecule has 88 valence electrons. The molecule has 0 spiro atoms. The highest BCUT2D eigenvalue weighted by Crippen LogP contribution is 2.21. The van der Waals surface area contributed by atoms with Gasteiger partial charge in [0.1, 0.15) is 0 Å². The van der Waals surface area contributed by atoms with Crippen LogP contribution in [0.3, 0.4) is 0 Å². The fourth-order valence-electron chi connectivity index (χ4n) is 2.21. The summed E-state index contributed by atoms with van der Waals surface area (Å²) in [5.74, 6) is 0. The van der Waals surface area contributed by atoms with Gasteiger partial charge in [0, 0.05) is 18.1 Å². The summed E-state index contributed by atoms with van der Waals surface area (Å²) in [4.78, 5) is 2.47. The monoisotopic (exact) mass is 238 g/mol. The largest absolute Gasteiger partial charge is 0.316 e. The third-order valence-corrected chi connectivity index (χ3v) is 3.44. The van der Waals surface area contributed by atoms with E-state index in [1.54, 1.807) is 0 Å². The Bertz CT molecular complexity index is 346. The van der Waals surface area contributed by atoms with Gasteiger partial charge >= 0.3 is 0 Å². The highest BCUT2D eigenvalue weighted by Gasteiger charge is 2.13. The number of halogens is 1. The quantitative estimate of drug-likeness (QED) is 0.868. The number of benzene rings is 1. The molecule has 1 aromatic rings. The van der Waals surface area contributed by atoms with Crippen LogP contribution in [0.1, 0.15) is 24.0 Å². The van der Waals surface area contributed by atoms with Crippen LogP contribution in [0, 0.1) is 0 Å². The Morgan fingerprint density at radius 2 is 2.06 bits per heavy atom. The topological polar surface area (TPSA) is 15.3 Å². The van der Waals surface area contributed by atoms with Crippen LogP contribution in [0.25, 0.3) is 0 Å². The van der Waals surface area contributed by atoms with E-state index < -0.39 is 0 Å². The number of nitrogens with zero attached hydrogens (tertiary/aromatic N) is 1. The molecule has 1 aliphatic rings. The molecule has 1 saturated heterocycles. The van der Waals surface area contributed by atoms with Crippen molar-refractivity contribution in [3.63, 3.8) is 0 Å². The number of hydrogen-bond acceptors (Lipinski definition) is 2. The van der Waals surface area contributed by atoms with Gasteiger partial charge < -0.3 is 5.32 Å². The van der Waals surface area contributed by atoms with E-state index in [0.717, 1.165) is 18.1 Å². The first-order chi connectivity index (χ1) is 7.79. The first-order valence-corrected chi connectivity index (χ1v) is 6.31. The smallest absolute Gasteiger partial charge is 0.0454 e. The second-order valence-electron chi connectivity index (χ2n) is 4.44. The molecular formula is C13H19ClN2. The van der Waals surface area contributed by atoms with E-state index in [9.17, 15) is 0 Å². The summed E-state index contributed by atoms with van der Waals surface area (Å²) in [7, 11) is 1.95. The molecule has 0 aliphatic carbocycles. The normalized spacial score (nSPS) is 16.9. The van der Waals surface area contributed by atoms with Crippen molar-refractivity contribution in [3.05, 3.63) is 34.3 Å². The Kier molecular flexibility index (Phi) is 4.22. The predicted octanol–water partition coefficient (Wildman–Crippen LogP) is 2.66. The minimum Gasteiger partial charge on any atom is -0.316 e. The standard InChI is InChI=1S/C13H19ClN2/c1-15-9-11-4-5-12(13(14)8-11)10-16-6-2-3-7-16/h4-5,8,15H,2-3,6-7,9-10H2,1H3. The second-order valence-corrected chi connectivity index (χ2v) is 4.85. The molecule has 0 aromatic heterocycles. The van der Waals surface area contributed by atoms with E-state index in [2.05, 4.69) is 28.4 Å². The minimum atomic E-state index is 0.879. The molecule has 0 atom stereocenters. The van der Waals surface area contributed by atoms with E-state index in [-0.39, 0.29) is 0 Å². The molecule has 0 saturated carbocycles. The summed E-state index contributed by atoms with van der Waals surface area (Å²) in [5, 5.41) is 4.04. The van der Waals surface area contributed by atoms with Crippen molar-refractivity contribution < 1.29 is 0 Å². The molecule has 1 aromatic carbocycles. The molecule has 0 amide bonds. The van der Waals surface area contributed by atoms with Crippen molar-refractivity contribution in [1.82, 2.24) is 10.2 Å². The minimum absolute atomic E-state index is 0.879. The maximum atomic E-state index is 6.29. The van der Waals surface area contributed by atoms with Gasteiger partial charge in [0.25, 0.3) is 0 Å². The second kappa shape index (κ2) is 5.67. The van der Waals surface area contributed by atoms with Crippen molar-refractivity contribution in [2.75, 3.05) is 20.1 Å². The van der Waals surface area contributed by atoms with Crippen LogP contribution >= 0.6 is 11.6 Å². The van der Waals surface area contributed by atoms with Gasteiger partial charge in [0.2, 0.25) is 0 Å². The molecule has 2 rings (SSSR count). The fourth-order valence-corrected chi connectivity index (χ4v) is 2.48. The van der Waals surface area contributed by atoms with E-state index in [1.165, 1.54) is 37.1 Å². The summed E-state index contributed by atoms with van der Waals surface area (Å²) in [6.07, 6.45) is 2.66. The number of likely N-dealkylation sites (tertiary alicyclic amines) is 1. The van der Waals surface area contributed by atoms with Crippen molar-refractivity contribution in [1.29, 1.82) is 0 Å². The Morgan fingerprint density at radius 3 is 2.69 bits per heavy atom. The van der Waals surface area contributed by atoms with Crippen molar-refractivity contribution in [2.45, 2.75) is 25.9 Å². The fraction of sp³-hybridized carbons (Fsp3) is 0.538. The highest BCUT2D eigenvalue weighted by molar-refractivity contribution is 6.31. The van der Waals surface area contributed by atoms with Gasteiger partial charge in [-0.05, 0) is 50.2 Å². The Balaban J connectivity index is 2.03. The van der Waals surface area contributed by atoms with Crippen LogP contribution in [0.5, 0.6) is 0 Å². The number of rotatable bonds is 4. The van der Waals surface area contributed by atoms with Gasteiger partial charge in [-0.25, -0.2) is 0 Å². The lowest BCUT2D eigenvalue weighted by Crippen LogP contribution is -2.18. The van der Waals surface area contributed by atoms with E-state index in [1.807, 2.05) is 7.05 Å². The van der Waals surface area contributed by atoms with Crippen LogP contribution in [0.4, 0.5) is 0 Å². The Labute approximate surface area is 103 Å². The maximum Gasteiger partial charge on any atom is 0.0454 e. The molecule has 2 nitrogen and oxygen atoms in total. The summed E-state index contributed by atoms with van der Waals surface area (Å²) in [5.41, 5.74) is 2.50. The summed E-state index contributed by atoms with van der Waals surface area (Å²) >= 11 is 6.29. The maximum absolute atomic E-state index is 6.29. The van der Waals surface area contributed by atoms with Gasteiger partial charge in [-0.2, -0.15) is 0 Å². The number of nitrogens with one attached hydrogen (secondary N) is 1. The molecule has 0 radical (unpaired) electrons. The first-order valence-electron chi connectivity index (χ1n) is 5.94. The highest BCUT2D eigenvalue weighted by atomic mass is 35.5. The zero-order chi connectivity index (χ0) is 11.4. The first kappa shape index (κ1) is 11.9. The molecular weight excluding hydrogens is 220 g/mol. The van der Waals surface area contributed by atoms with Crippen LogP contribution in [0.15, 0.2) is 18.2 Å². The lowest BCUT2D eigenvalue weighted by molar-refractivity contribution is 0.331. The van der Waals surface area contributed by atoms with Gasteiger partial charge in [-0.3, -0.25) is 4.90 Å². The Hall–Kier alpha value is -0.570. The predicted molar refractivity (Wildman–Crippen MR) is 68.7 cm³/mol. The summed E-state index contributed by atoms with van der Waals surface area (Å²) in [6.45, 7) is 4.31. The molecule has 1 heterocycles. The Morgan fingerprint density at radius 1 is 1.31 bits per heavy atom. The number of hydrogen-bond donors (Lipinski definition) is 1. The third kappa shape index (κ3) is 2.97. The van der Waals surface area contributed by atoms with Crippen LogP contribution in [-0.4, -0.2) is 25.0 Å². The average Bonchev–Trinajstić information content (AvgIpc) is 2.75. The van der Waals surface area contributed by atoms with Gasteiger partial charge in [0.05, 0.1) is 0 Å². The van der Waals surface area contributed by atoms with Crippen molar-refractivity contribution >= 4 is 11.6 Å². The van der Waals surface area contributed by atoms with Crippen LogP contribution in [0.2, 0.25) is 5.02 Å². The summed E-state index contributed by atoms with van der Waals surface area (Å²) < 4.78 is 0. The van der Waals surface area contributed by atoms with Gasteiger partial charge in [-0.15, -0.1) is 0 Å². The van der Waals surface area contributed by atoms with E-state index in [0.29, 0.717) is 0 Å². The average molecular weight is 239 g/mol. The molecule has 1 aliphatic heterocycles. The van der Waals surface area contributed by atoms with E-state index >= 15 is 0 Å².